The molecule has 1 aromatic carbocycles. The average Bonchev–Trinajstić information content (AvgIpc) is 3.09. The highest BCUT2D eigenvalue weighted by molar-refractivity contribution is 5.98. The first-order valence-corrected chi connectivity index (χ1v) is 11.2. The number of allylic oxidation sites excluding steroid dienone is 5. The Kier molecular flexibility index (Phi) is 7.05. The van der Waals surface area contributed by atoms with Crippen molar-refractivity contribution < 1.29 is 14.3 Å². The van der Waals surface area contributed by atoms with Gasteiger partial charge in [0, 0.05) is 31.1 Å². The van der Waals surface area contributed by atoms with Crippen molar-refractivity contribution in [3.05, 3.63) is 88.9 Å². The van der Waals surface area contributed by atoms with Crippen molar-refractivity contribution in [3.63, 3.8) is 0 Å². The van der Waals surface area contributed by atoms with Crippen LogP contribution in [0.25, 0.3) is 0 Å². The third-order valence-electron chi connectivity index (χ3n) is 6.09. The molecule has 32 heavy (non-hydrogen) atoms. The van der Waals surface area contributed by atoms with Gasteiger partial charge in [0.05, 0.1) is 26.1 Å². The van der Waals surface area contributed by atoms with E-state index in [9.17, 15) is 4.79 Å². The number of hydrogen-bond acceptors (Lipinski definition) is 5. The zero-order valence-corrected chi connectivity index (χ0v) is 18.8. The molecular weight excluding hydrogens is 400 g/mol. The van der Waals surface area contributed by atoms with Gasteiger partial charge in [-0.05, 0) is 66.7 Å². The smallest absolute Gasteiger partial charge is 0.213 e. The lowest BCUT2D eigenvalue weighted by atomic mass is 9.94. The van der Waals surface area contributed by atoms with Gasteiger partial charge < -0.3 is 14.4 Å². The molecular formula is C27H30N2O3. The van der Waals surface area contributed by atoms with Crippen LogP contribution in [-0.4, -0.2) is 31.5 Å². The molecule has 0 N–H and O–H groups in total. The largest absolute Gasteiger partial charge is 0.497 e. The molecule has 2 aliphatic rings. The van der Waals surface area contributed by atoms with Gasteiger partial charge in [-0.3, -0.25) is 4.79 Å². The highest BCUT2D eigenvalue weighted by atomic mass is 16.5. The second-order valence-electron chi connectivity index (χ2n) is 8.15. The number of ether oxygens (including phenoxy) is 2. The van der Waals surface area contributed by atoms with Crippen LogP contribution >= 0.6 is 0 Å². The maximum atomic E-state index is 12.6. The van der Waals surface area contributed by atoms with Gasteiger partial charge in [0.1, 0.15) is 5.76 Å². The summed E-state index contributed by atoms with van der Waals surface area (Å²) in [5.74, 6) is 1.63. The molecule has 2 heterocycles. The average molecular weight is 431 g/mol. The van der Waals surface area contributed by atoms with Gasteiger partial charge in [-0.1, -0.05) is 24.3 Å². The standard InChI is InChI=1S/C27H30N2O3/c1-31-25-7-4-6-22(11-13-25)26(30)8-3-5-20-9-10-21-15-16-29(19-23(21)17-20)24-12-14-27(32-2)28-18-24/h6-7,9-14,17-18H,3-5,8,15-16,19H2,1-2H3. The molecule has 0 fully saturated rings. The van der Waals surface area contributed by atoms with Crippen LogP contribution in [0.1, 0.15) is 36.0 Å². The summed E-state index contributed by atoms with van der Waals surface area (Å²) < 4.78 is 10.4. The molecule has 5 heteroatoms. The van der Waals surface area contributed by atoms with E-state index < -0.39 is 0 Å². The second-order valence-corrected chi connectivity index (χ2v) is 8.15. The monoisotopic (exact) mass is 430 g/mol. The first kappa shape index (κ1) is 21.9. The minimum absolute atomic E-state index is 0.197. The topological polar surface area (TPSA) is 51.7 Å². The molecule has 4 rings (SSSR count). The van der Waals surface area contributed by atoms with E-state index in [4.69, 9.17) is 9.47 Å². The number of carbonyl (C=O) groups excluding carboxylic acids is 1. The Balaban J connectivity index is 1.33. The predicted molar refractivity (Wildman–Crippen MR) is 127 cm³/mol. The van der Waals surface area contributed by atoms with Crippen molar-refractivity contribution in [1.29, 1.82) is 0 Å². The third kappa shape index (κ3) is 5.28. The van der Waals surface area contributed by atoms with Gasteiger partial charge in [-0.15, -0.1) is 0 Å². The van der Waals surface area contributed by atoms with Crippen LogP contribution in [-0.2, 0) is 28.9 Å². The van der Waals surface area contributed by atoms with E-state index in [0.29, 0.717) is 12.3 Å². The van der Waals surface area contributed by atoms with E-state index in [1.165, 1.54) is 16.7 Å². The van der Waals surface area contributed by atoms with E-state index in [0.717, 1.165) is 55.8 Å². The Morgan fingerprint density at radius 1 is 1.06 bits per heavy atom. The Labute approximate surface area is 190 Å². The van der Waals surface area contributed by atoms with Crippen molar-refractivity contribution in [3.8, 4) is 5.88 Å². The molecule has 1 aromatic heterocycles. The van der Waals surface area contributed by atoms with Crippen LogP contribution in [0.15, 0.2) is 72.2 Å². The summed E-state index contributed by atoms with van der Waals surface area (Å²) in [5.41, 5.74) is 5.96. The van der Waals surface area contributed by atoms with E-state index in [-0.39, 0.29) is 5.78 Å². The van der Waals surface area contributed by atoms with Crippen molar-refractivity contribution in [2.75, 3.05) is 25.7 Å². The van der Waals surface area contributed by atoms with Crippen molar-refractivity contribution >= 4 is 11.5 Å². The lowest BCUT2D eigenvalue weighted by molar-refractivity contribution is -0.115. The highest BCUT2D eigenvalue weighted by Crippen LogP contribution is 2.26. The van der Waals surface area contributed by atoms with Crippen LogP contribution in [0.3, 0.4) is 0 Å². The number of hydrogen-bond donors (Lipinski definition) is 0. The molecule has 1 aliphatic heterocycles. The van der Waals surface area contributed by atoms with Gasteiger partial charge in [0.15, 0.2) is 5.78 Å². The van der Waals surface area contributed by atoms with Gasteiger partial charge in [0.25, 0.3) is 0 Å². The maximum Gasteiger partial charge on any atom is 0.213 e. The number of rotatable bonds is 8. The van der Waals surface area contributed by atoms with Crippen LogP contribution < -0.4 is 9.64 Å². The van der Waals surface area contributed by atoms with E-state index >= 15 is 0 Å². The number of aromatic nitrogens is 1. The molecule has 1 aliphatic carbocycles. The lowest BCUT2D eigenvalue weighted by Gasteiger charge is -2.31. The van der Waals surface area contributed by atoms with Crippen LogP contribution in [0, 0.1) is 0 Å². The summed E-state index contributed by atoms with van der Waals surface area (Å²) in [6.07, 6.45) is 13.6. The summed E-state index contributed by atoms with van der Waals surface area (Å²) in [4.78, 5) is 19.3. The number of aryl methyl sites for hydroxylation is 1. The predicted octanol–water partition coefficient (Wildman–Crippen LogP) is 4.96. The van der Waals surface area contributed by atoms with Crippen LogP contribution in [0.5, 0.6) is 5.88 Å². The molecule has 0 radical (unpaired) electrons. The number of fused-ring (bicyclic) bond motifs is 1. The molecule has 0 bridgehead atoms. The molecule has 0 unspecified atom stereocenters. The Bertz CT molecular complexity index is 1050. The second kappa shape index (κ2) is 10.3. The third-order valence-corrected chi connectivity index (χ3v) is 6.09. The first-order chi connectivity index (χ1) is 15.7. The fourth-order valence-electron chi connectivity index (χ4n) is 4.23. The summed E-state index contributed by atoms with van der Waals surface area (Å²) in [7, 11) is 3.28. The minimum atomic E-state index is 0.197. The number of nitrogens with zero attached hydrogens (tertiary/aromatic N) is 2. The molecule has 0 amide bonds. The maximum absolute atomic E-state index is 12.6. The highest BCUT2D eigenvalue weighted by Gasteiger charge is 2.17. The zero-order valence-electron chi connectivity index (χ0n) is 18.8. The summed E-state index contributed by atoms with van der Waals surface area (Å²) in [6, 6.07) is 10.7. The normalized spacial score (nSPS) is 15.4. The lowest BCUT2D eigenvalue weighted by Crippen LogP contribution is -2.30. The van der Waals surface area contributed by atoms with E-state index in [2.05, 4.69) is 34.1 Å². The van der Waals surface area contributed by atoms with Gasteiger partial charge >= 0.3 is 0 Å². The molecule has 166 valence electrons. The fraction of sp³-hybridized carbons (Fsp3) is 0.333. The van der Waals surface area contributed by atoms with Crippen molar-refractivity contribution in [1.82, 2.24) is 4.98 Å². The quantitative estimate of drug-likeness (QED) is 0.592. The van der Waals surface area contributed by atoms with Crippen LogP contribution in [0.4, 0.5) is 5.69 Å². The van der Waals surface area contributed by atoms with Gasteiger partial charge in [-0.2, -0.15) is 0 Å². The SMILES string of the molecule is COC1=CCC=C(C(=O)CCCc2ccc3c(c2)CN(c2ccc(OC)nc2)CC3)C=C1. The number of Topliss-reactive ketones (excluding diaryl/α,β-unsaturated/α-hetero) is 1. The minimum Gasteiger partial charge on any atom is -0.497 e. The van der Waals surface area contributed by atoms with Crippen molar-refractivity contribution in [2.45, 2.75) is 38.6 Å². The summed E-state index contributed by atoms with van der Waals surface area (Å²) >= 11 is 0. The van der Waals surface area contributed by atoms with Crippen molar-refractivity contribution in [2.24, 2.45) is 0 Å². The summed E-state index contributed by atoms with van der Waals surface area (Å²) in [5, 5.41) is 0. The summed E-state index contributed by atoms with van der Waals surface area (Å²) in [6.45, 7) is 1.86. The van der Waals surface area contributed by atoms with Gasteiger partial charge in [-0.25, -0.2) is 4.98 Å². The van der Waals surface area contributed by atoms with E-state index in [1.54, 1.807) is 14.2 Å². The molecule has 0 saturated heterocycles. The number of pyridine rings is 1. The molecule has 0 spiro atoms. The molecule has 0 saturated carbocycles. The Morgan fingerprint density at radius 2 is 1.97 bits per heavy atom. The number of benzene rings is 1. The zero-order chi connectivity index (χ0) is 22.3. The van der Waals surface area contributed by atoms with Crippen LogP contribution in [0.2, 0.25) is 0 Å². The molecule has 0 atom stereocenters. The fourth-order valence-corrected chi connectivity index (χ4v) is 4.23. The Morgan fingerprint density at radius 3 is 2.75 bits per heavy atom. The number of anilines is 1. The molecule has 5 nitrogen and oxygen atoms in total. The van der Waals surface area contributed by atoms with E-state index in [1.807, 2.05) is 36.6 Å². The number of carbonyl (C=O) groups is 1. The Hall–Kier alpha value is -3.34. The molecule has 2 aromatic rings. The first-order valence-electron chi connectivity index (χ1n) is 11.2. The number of methoxy groups -OCH3 is 2. The van der Waals surface area contributed by atoms with Gasteiger partial charge in [0.2, 0.25) is 5.88 Å². The number of ketones is 1.